The van der Waals surface area contributed by atoms with Gasteiger partial charge in [0.05, 0.1) is 4.95 Å². The van der Waals surface area contributed by atoms with Gasteiger partial charge in [-0.15, -0.1) is 0 Å². The van der Waals surface area contributed by atoms with Gasteiger partial charge in [-0.05, 0) is 12.3 Å². The fourth-order valence-electron chi connectivity index (χ4n) is 1.30. The van der Waals surface area contributed by atoms with E-state index < -0.39 is 6.09 Å². The zero-order valence-electron chi connectivity index (χ0n) is 8.92. The van der Waals surface area contributed by atoms with Crippen LogP contribution in [0, 0.1) is 5.92 Å². The highest BCUT2D eigenvalue weighted by Gasteiger charge is 2.14. The van der Waals surface area contributed by atoms with Crippen LogP contribution in [-0.2, 0) is 0 Å². The van der Waals surface area contributed by atoms with Crippen LogP contribution in [0.4, 0.5) is 4.79 Å². The third-order valence-corrected chi connectivity index (χ3v) is 3.41. The smallest absolute Gasteiger partial charge is 0.405 e. The van der Waals surface area contributed by atoms with Crippen molar-refractivity contribution in [3.63, 3.8) is 0 Å². The van der Waals surface area contributed by atoms with Crippen LogP contribution in [0.25, 0.3) is 0 Å². The lowest BCUT2D eigenvalue weighted by Crippen LogP contribution is -2.33. The first-order chi connectivity index (χ1) is 6.57. The number of halogens is 1. The lowest BCUT2D eigenvalue weighted by atomic mass is 10.0. The zero-order chi connectivity index (χ0) is 11.0. The van der Waals surface area contributed by atoms with Crippen molar-refractivity contribution in [1.82, 2.24) is 5.32 Å². The van der Waals surface area contributed by atoms with E-state index in [4.69, 9.17) is 5.11 Å². The van der Waals surface area contributed by atoms with Gasteiger partial charge in [0.1, 0.15) is 0 Å². The molecule has 0 aliphatic carbocycles. The van der Waals surface area contributed by atoms with E-state index >= 15 is 0 Å². The van der Waals surface area contributed by atoms with Gasteiger partial charge in [0, 0.05) is 0 Å². The first-order valence-electron chi connectivity index (χ1n) is 5.21. The average molecular weight is 266 g/mol. The first-order valence-corrected chi connectivity index (χ1v) is 6.13. The predicted octanol–water partition coefficient (Wildman–Crippen LogP) is 3.58. The van der Waals surface area contributed by atoms with E-state index in [1.165, 1.54) is 25.7 Å². The van der Waals surface area contributed by atoms with Crippen molar-refractivity contribution in [2.24, 2.45) is 5.92 Å². The highest BCUT2D eigenvalue weighted by molar-refractivity contribution is 9.09. The lowest BCUT2D eigenvalue weighted by Gasteiger charge is -2.17. The molecule has 0 aromatic heterocycles. The second-order valence-electron chi connectivity index (χ2n) is 3.68. The molecule has 0 radical (unpaired) electrons. The molecule has 0 aliphatic heterocycles. The number of nitrogens with one attached hydrogen (secondary N) is 1. The van der Waals surface area contributed by atoms with Crippen LogP contribution < -0.4 is 5.32 Å². The van der Waals surface area contributed by atoms with E-state index in [9.17, 15) is 4.79 Å². The summed E-state index contributed by atoms with van der Waals surface area (Å²) in [6.07, 6.45) is 5.03. The molecule has 84 valence electrons. The van der Waals surface area contributed by atoms with Crippen LogP contribution in [0.3, 0.4) is 0 Å². The molecule has 2 unspecified atom stereocenters. The van der Waals surface area contributed by atoms with Crippen molar-refractivity contribution in [3.05, 3.63) is 0 Å². The molecule has 0 spiro atoms. The van der Waals surface area contributed by atoms with Crippen molar-refractivity contribution in [1.29, 1.82) is 0 Å². The number of rotatable bonds is 7. The SMILES string of the molecule is CCCCCCC(C)C(Br)NC(=O)O. The number of hydrogen-bond acceptors (Lipinski definition) is 1. The Labute approximate surface area is 94.4 Å². The van der Waals surface area contributed by atoms with E-state index in [1.54, 1.807) is 0 Å². The molecule has 0 aromatic rings. The number of hydrogen-bond donors (Lipinski definition) is 2. The Balaban J connectivity index is 3.51. The van der Waals surface area contributed by atoms with Gasteiger partial charge in [-0.2, -0.15) is 0 Å². The Morgan fingerprint density at radius 3 is 2.57 bits per heavy atom. The summed E-state index contributed by atoms with van der Waals surface area (Å²) in [5, 5.41) is 10.9. The normalized spacial score (nSPS) is 14.8. The quantitative estimate of drug-likeness (QED) is 0.420. The van der Waals surface area contributed by atoms with Crippen molar-refractivity contribution in [3.8, 4) is 0 Å². The maximum Gasteiger partial charge on any atom is 0.405 e. The average Bonchev–Trinajstić information content (AvgIpc) is 2.11. The van der Waals surface area contributed by atoms with Crippen LogP contribution in [0.2, 0.25) is 0 Å². The predicted molar refractivity (Wildman–Crippen MR) is 61.8 cm³/mol. The second-order valence-corrected chi connectivity index (χ2v) is 4.66. The molecule has 2 atom stereocenters. The number of carboxylic acid groups (broad SMARTS) is 1. The summed E-state index contributed by atoms with van der Waals surface area (Å²) in [5.41, 5.74) is 0. The molecule has 0 rings (SSSR count). The molecule has 0 saturated carbocycles. The molecule has 2 N–H and O–H groups in total. The minimum atomic E-state index is -0.965. The molecule has 0 aromatic carbocycles. The molecule has 1 amide bonds. The van der Waals surface area contributed by atoms with Gasteiger partial charge in [-0.1, -0.05) is 55.5 Å². The molecular weight excluding hydrogens is 246 g/mol. The van der Waals surface area contributed by atoms with Crippen LogP contribution in [-0.4, -0.2) is 16.2 Å². The zero-order valence-corrected chi connectivity index (χ0v) is 10.5. The summed E-state index contributed by atoms with van der Waals surface area (Å²) >= 11 is 3.32. The molecule has 4 heteroatoms. The highest BCUT2D eigenvalue weighted by Crippen LogP contribution is 2.17. The number of carbonyl (C=O) groups is 1. The molecule has 14 heavy (non-hydrogen) atoms. The van der Waals surface area contributed by atoms with Gasteiger partial charge in [-0.25, -0.2) is 4.79 Å². The number of unbranched alkanes of at least 4 members (excludes halogenated alkanes) is 3. The fraction of sp³-hybridized carbons (Fsp3) is 0.900. The fourth-order valence-corrected chi connectivity index (χ4v) is 1.76. The first kappa shape index (κ1) is 13.8. The summed E-state index contributed by atoms with van der Waals surface area (Å²) in [6, 6.07) is 0. The van der Waals surface area contributed by atoms with E-state index in [0.29, 0.717) is 5.92 Å². The van der Waals surface area contributed by atoms with Gasteiger partial charge in [0.25, 0.3) is 0 Å². The number of amides is 1. The summed E-state index contributed by atoms with van der Waals surface area (Å²) in [4.78, 5) is 10.2. The highest BCUT2D eigenvalue weighted by atomic mass is 79.9. The van der Waals surface area contributed by atoms with Gasteiger partial charge in [0.2, 0.25) is 0 Å². The van der Waals surface area contributed by atoms with Gasteiger partial charge in [-0.3, -0.25) is 0 Å². The largest absolute Gasteiger partial charge is 0.465 e. The number of alkyl halides is 1. The maximum atomic E-state index is 10.3. The minimum absolute atomic E-state index is 0.123. The third-order valence-electron chi connectivity index (χ3n) is 2.27. The Bertz CT molecular complexity index is 164. The molecule has 0 saturated heterocycles. The van der Waals surface area contributed by atoms with E-state index in [0.717, 1.165) is 6.42 Å². The monoisotopic (exact) mass is 265 g/mol. The van der Waals surface area contributed by atoms with Gasteiger partial charge in [0.15, 0.2) is 0 Å². The Morgan fingerprint density at radius 2 is 2.07 bits per heavy atom. The summed E-state index contributed by atoms with van der Waals surface area (Å²) in [5.74, 6) is 0.350. The summed E-state index contributed by atoms with van der Waals surface area (Å²) < 4.78 is 0. The van der Waals surface area contributed by atoms with Crippen LogP contribution in [0.1, 0.15) is 46.0 Å². The summed E-state index contributed by atoms with van der Waals surface area (Å²) in [7, 11) is 0. The maximum absolute atomic E-state index is 10.3. The van der Waals surface area contributed by atoms with Crippen molar-refractivity contribution < 1.29 is 9.90 Å². The van der Waals surface area contributed by atoms with E-state index in [2.05, 4.69) is 35.1 Å². The molecule has 0 bridgehead atoms. The van der Waals surface area contributed by atoms with Crippen LogP contribution in [0.15, 0.2) is 0 Å². The lowest BCUT2D eigenvalue weighted by molar-refractivity contribution is 0.191. The van der Waals surface area contributed by atoms with Crippen molar-refractivity contribution in [2.75, 3.05) is 0 Å². The molecule has 3 nitrogen and oxygen atoms in total. The van der Waals surface area contributed by atoms with Crippen molar-refractivity contribution in [2.45, 2.75) is 50.9 Å². The molecular formula is C10H20BrNO2. The van der Waals surface area contributed by atoms with Crippen LogP contribution in [0.5, 0.6) is 0 Å². The topological polar surface area (TPSA) is 49.3 Å². The van der Waals surface area contributed by atoms with Gasteiger partial charge < -0.3 is 10.4 Å². The Morgan fingerprint density at radius 1 is 1.43 bits per heavy atom. The standard InChI is InChI=1S/C10H20BrNO2/c1-3-4-5-6-7-8(2)9(11)12-10(13)14/h8-9,12H,3-7H2,1-2H3,(H,13,14). The summed E-state index contributed by atoms with van der Waals surface area (Å²) in [6.45, 7) is 4.24. The molecule has 0 heterocycles. The Hall–Kier alpha value is -0.250. The van der Waals surface area contributed by atoms with E-state index in [-0.39, 0.29) is 4.95 Å². The van der Waals surface area contributed by atoms with Gasteiger partial charge >= 0.3 is 6.09 Å². The molecule has 0 fully saturated rings. The third kappa shape index (κ3) is 7.18. The van der Waals surface area contributed by atoms with Crippen molar-refractivity contribution >= 4 is 22.0 Å². The minimum Gasteiger partial charge on any atom is -0.465 e. The second kappa shape index (κ2) is 8.09. The van der Waals surface area contributed by atoms with Crippen LogP contribution >= 0.6 is 15.9 Å². The van der Waals surface area contributed by atoms with E-state index in [1.807, 2.05) is 0 Å². The Kier molecular flexibility index (Phi) is 7.95. The molecule has 0 aliphatic rings.